The third-order valence-electron chi connectivity index (χ3n) is 3.70. The Morgan fingerprint density at radius 1 is 1.00 bits per heavy atom. The largest absolute Gasteiger partial charge is 0.257 e. The predicted molar refractivity (Wildman–Crippen MR) is 50.7 cm³/mol. The second-order valence-electron chi connectivity index (χ2n) is 4.70. The molecule has 1 saturated carbocycles. The molecule has 0 amide bonds. The van der Waals surface area contributed by atoms with Gasteiger partial charge in [-0.05, 0) is 24.2 Å². The third kappa shape index (κ3) is 1.50. The Labute approximate surface area is 75.1 Å². The van der Waals surface area contributed by atoms with Crippen molar-refractivity contribution in [2.75, 3.05) is 13.1 Å². The fraction of sp³-hybridized carbons (Fsp3) is 1.00. The molecule has 0 radical (unpaired) electrons. The Balaban J connectivity index is 1.96. The van der Waals surface area contributed by atoms with Crippen molar-refractivity contribution in [1.29, 1.82) is 0 Å². The molecule has 70 valence electrons. The van der Waals surface area contributed by atoms with Gasteiger partial charge in [0.1, 0.15) is 0 Å². The summed E-state index contributed by atoms with van der Waals surface area (Å²) in [4.78, 5) is 0. The molecule has 2 heteroatoms. The van der Waals surface area contributed by atoms with Crippen molar-refractivity contribution in [3.8, 4) is 0 Å². The molecule has 1 aliphatic carbocycles. The molecule has 0 unspecified atom stereocenters. The van der Waals surface area contributed by atoms with Crippen LogP contribution in [0.15, 0.2) is 0 Å². The van der Waals surface area contributed by atoms with Crippen LogP contribution < -0.4 is 10.9 Å². The summed E-state index contributed by atoms with van der Waals surface area (Å²) in [6.45, 7) is 4.76. The molecule has 1 saturated heterocycles. The normalized spacial score (nSPS) is 30.8. The van der Waals surface area contributed by atoms with Crippen molar-refractivity contribution >= 4 is 0 Å². The Morgan fingerprint density at radius 2 is 1.58 bits per heavy atom. The van der Waals surface area contributed by atoms with Gasteiger partial charge in [-0.15, -0.1) is 0 Å². The standard InChI is InChI=1S/C10H20N2/c1-10(7-11-12-8-10)9-5-3-2-4-6-9/h9,11-12H,2-8H2,1H3. The highest BCUT2D eigenvalue weighted by Crippen LogP contribution is 2.38. The lowest BCUT2D eigenvalue weighted by Gasteiger charge is -2.35. The fourth-order valence-electron chi connectivity index (χ4n) is 2.68. The average molecular weight is 168 g/mol. The number of hydrogen-bond donors (Lipinski definition) is 2. The van der Waals surface area contributed by atoms with E-state index in [0.717, 1.165) is 19.0 Å². The van der Waals surface area contributed by atoms with Crippen molar-refractivity contribution in [3.05, 3.63) is 0 Å². The summed E-state index contributed by atoms with van der Waals surface area (Å²) in [7, 11) is 0. The first-order valence-electron chi connectivity index (χ1n) is 5.27. The van der Waals surface area contributed by atoms with Gasteiger partial charge in [0.15, 0.2) is 0 Å². The highest BCUT2D eigenvalue weighted by Gasteiger charge is 2.37. The van der Waals surface area contributed by atoms with Crippen LogP contribution in [0.25, 0.3) is 0 Å². The summed E-state index contributed by atoms with van der Waals surface area (Å²) in [5.74, 6) is 0.966. The molecule has 0 bridgehead atoms. The van der Waals surface area contributed by atoms with Crippen LogP contribution in [0.4, 0.5) is 0 Å². The molecule has 2 nitrogen and oxygen atoms in total. The topological polar surface area (TPSA) is 24.1 Å². The van der Waals surface area contributed by atoms with Crippen LogP contribution in [-0.4, -0.2) is 13.1 Å². The molecule has 0 aromatic heterocycles. The van der Waals surface area contributed by atoms with E-state index < -0.39 is 0 Å². The van der Waals surface area contributed by atoms with Gasteiger partial charge in [0.25, 0.3) is 0 Å². The lowest BCUT2D eigenvalue weighted by molar-refractivity contribution is 0.171. The summed E-state index contributed by atoms with van der Waals surface area (Å²) in [6, 6.07) is 0. The lowest BCUT2D eigenvalue weighted by Crippen LogP contribution is -2.33. The van der Waals surface area contributed by atoms with Crippen LogP contribution in [-0.2, 0) is 0 Å². The molecule has 1 aliphatic heterocycles. The smallest absolute Gasteiger partial charge is 0.0169 e. The summed E-state index contributed by atoms with van der Waals surface area (Å²) in [5.41, 5.74) is 7.06. The van der Waals surface area contributed by atoms with E-state index in [1.807, 2.05) is 0 Å². The maximum atomic E-state index is 3.26. The van der Waals surface area contributed by atoms with Gasteiger partial charge in [-0.3, -0.25) is 10.9 Å². The summed E-state index contributed by atoms with van der Waals surface area (Å²) >= 11 is 0. The van der Waals surface area contributed by atoms with Gasteiger partial charge in [-0.2, -0.15) is 0 Å². The molecule has 0 aromatic carbocycles. The summed E-state index contributed by atoms with van der Waals surface area (Å²) in [6.07, 6.45) is 7.30. The van der Waals surface area contributed by atoms with E-state index in [-0.39, 0.29) is 0 Å². The molecule has 0 aromatic rings. The van der Waals surface area contributed by atoms with E-state index in [1.54, 1.807) is 0 Å². The molecule has 2 fully saturated rings. The van der Waals surface area contributed by atoms with Gasteiger partial charge in [-0.25, -0.2) is 0 Å². The van der Waals surface area contributed by atoms with E-state index in [2.05, 4.69) is 17.8 Å². The zero-order chi connectivity index (χ0) is 8.44. The van der Waals surface area contributed by atoms with Gasteiger partial charge in [-0.1, -0.05) is 26.2 Å². The molecular weight excluding hydrogens is 148 g/mol. The highest BCUT2D eigenvalue weighted by atomic mass is 15.4. The molecular formula is C10H20N2. The van der Waals surface area contributed by atoms with Gasteiger partial charge in [0, 0.05) is 13.1 Å². The van der Waals surface area contributed by atoms with E-state index in [0.29, 0.717) is 5.41 Å². The molecule has 12 heavy (non-hydrogen) atoms. The van der Waals surface area contributed by atoms with Crippen molar-refractivity contribution < 1.29 is 0 Å². The van der Waals surface area contributed by atoms with Gasteiger partial charge >= 0.3 is 0 Å². The number of nitrogens with one attached hydrogen (secondary N) is 2. The van der Waals surface area contributed by atoms with Gasteiger partial charge in [0.2, 0.25) is 0 Å². The Morgan fingerprint density at radius 3 is 2.17 bits per heavy atom. The SMILES string of the molecule is CC1(C2CCCCC2)CNNC1. The molecule has 2 rings (SSSR count). The van der Waals surface area contributed by atoms with Crippen molar-refractivity contribution in [2.24, 2.45) is 11.3 Å². The van der Waals surface area contributed by atoms with E-state index >= 15 is 0 Å². The molecule has 2 N–H and O–H groups in total. The zero-order valence-electron chi connectivity index (χ0n) is 8.03. The Bertz CT molecular complexity index is 144. The zero-order valence-corrected chi connectivity index (χ0v) is 8.03. The van der Waals surface area contributed by atoms with Crippen LogP contribution in [0, 0.1) is 11.3 Å². The second kappa shape index (κ2) is 3.35. The predicted octanol–water partition coefficient (Wildman–Crippen LogP) is 1.68. The van der Waals surface area contributed by atoms with E-state index in [4.69, 9.17) is 0 Å². The number of hydrazine groups is 1. The van der Waals surface area contributed by atoms with Crippen molar-refractivity contribution in [1.82, 2.24) is 10.9 Å². The average Bonchev–Trinajstić information content (AvgIpc) is 2.55. The van der Waals surface area contributed by atoms with Crippen molar-refractivity contribution in [3.63, 3.8) is 0 Å². The van der Waals surface area contributed by atoms with Crippen LogP contribution in [0.2, 0.25) is 0 Å². The molecule has 0 atom stereocenters. The van der Waals surface area contributed by atoms with E-state index in [1.165, 1.54) is 32.1 Å². The Kier molecular flexibility index (Phi) is 2.37. The van der Waals surface area contributed by atoms with E-state index in [9.17, 15) is 0 Å². The maximum Gasteiger partial charge on any atom is 0.0169 e. The highest BCUT2D eigenvalue weighted by molar-refractivity contribution is 4.90. The third-order valence-corrected chi connectivity index (χ3v) is 3.70. The first-order chi connectivity index (χ1) is 5.81. The first kappa shape index (κ1) is 8.52. The minimum absolute atomic E-state index is 0.542. The number of hydrogen-bond acceptors (Lipinski definition) is 2. The first-order valence-corrected chi connectivity index (χ1v) is 5.27. The summed E-state index contributed by atoms with van der Waals surface area (Å²) < 4.78 is 0. The number of rotatable bonds is 1. The molecule has 1 heterocycles. The van der Waals surface area contributed by atoms with Crippen molar-refractivity contribution in [2.45, 2.75) is 39.0 Å². The monoisotopic (exact) mass is 168 g/mol. The second-order valence-corrected chi connectivity index (χ2v) is 4.70. The fourth-order valence-corrected chi connectivity index (χ4v) is 2.68. The molecule has 0 spiro atoms. The van der Waals surface area contributed by atoms with Gasteiger partial charge < -0.3 is 0 Å². The van der Waals surface area contributed by atoms with Crippen LogP contribution >= 0.6 is 0 Å². The maximum absolute atomic E-state index is 3.26. The molecule has 2 aliphatic rings. The quantitative estimate of drug-likeness (QED) is 0.622. The van der Waals surface area contributed by atoms with Crippen LogP contribution in [0.5, 0.6) is 0 Å². The van der Waals surface area contributed by atoms with Crippen LogP contribution in [0.3, 0.4) is 0 Å². The Hall–Kier alpha value is -0.0800. The summed E-state index contributed by atoms with van der Waals surface area (Å²) in [5, 5.41) is 0. The lowest BCUT2D eigenvalue weighted by atomic mass is 9.70. The van der Waals surface area contributed by atoms with Crippen LogP contribution in [0.1, 0.15) is 39.0 Å². The minimum Gasteiger partial charge on any atom is -0.257 e. The minimum atomic E-state index is 0.542. The van der Waals surface area contributed by atoms with Gasteiger partial charge in [0.05, 0.1) is 0 Å².